The van der Waals surface area contributed by atoms with E-state index in [1.54, 1.807) is 0 Å². The number of nitrogens with two attached hydrogens (primary N) is 1. The van der Waals surface area contributed by atoms with Crippen LogP contribution in [0, 0.1) is 0 Å². The van der Waals surface area contributed by atoms with Crippen LogP contribution in [-0.2, 0) is 12.8 Å². The lowest BCUT2D eigenvalue weighted by Crippen LogP contribution is -2.15. The minimum Gasteiger partial charge on any atom is -0.398 e. The van der Waals surface area contributed by atoms with Crippen molar-refractivity contribution in [3.05, 3.63) is 83.4 Å². The smallest absolute Gasteiger partial charge is 0.257 e. The van der Waals surface area contributed by atoms with Crippen molar-refractivity contribution in [2.24, 2.45) is 0 Å². The number of hydrogen-bond acceptors (Lipinski definition) is 2. The van der Waals surface area contributed by atoms with Gasteiger partial charge >= 0.3 is 0 Å². The maximum Gasteiger partial charge on any atom is 0.257 e. The third-order valence-corrected chi connectivity index (χ3v) is 4.81. The van der Waals surface area contributed by atoms with Gasteiger partial charge < -0.3 is 11.1 Å². The lowest BCUT2D eigenvalue weighted by molar-refractivity contribution is 0.102. The Morgan fingerprint density at radius 3 is 2.52 bits per heavy atom. The fraction of sp³-hybridized carbons (Fsp3) is 0.136. The lowest BCUT2D eigenvalue weighted by atomic mass is 9.88. The number of aryl methyl sites for hydroxylation is 1. The molecule has 0 atom stereocenters. The van der Waals surface area contributed by atoms with E-state index >= 15 is 0 Å². The minimum absolute atomic E-state index is 0.177. The number of anilines is 2. The summed E-state index contributed by atoms with van der Waals surface area (Å²) in [5.41, 5.74) is 11.8. The van der Waals surface area contributed by atoms with Crippen LogP contribution in [0.3, 0.4) is 0 Å². The SMILES string of the molecule is C=C1CCc2cc(NC(=O)c3cc4ccccc4cc3N)ccc2C1. The number of hydrogen-bond donors (Lipinski definition) is 2. The van der Waals surface area contributed by atoms with Gasteiger partial charge in [0.15, 0.2) is 0 Å². The molecule has 0 heterocycles. The van der Waals surface area contributed by atoms with E-state index in [4.69, 9.17) is 5.73 Å². The first kappa shape index (κ1) is 15.5. The molecule has 0 aliphatic heterocycles. The van der Waals surface area contributed by atoms with Crippen LogP contribution >= 0.6 is 0 Å². The maximum absolute atomic E-state index is 12.7. The first-order valence-electron chi connectivity index (χ1n) is 8.48. The normalized spacial score (nSPS) is 13.5. The Hall–Kier alpha value is -3.07. The van der Waals surface area contributed by atoms with Crippen LogP contribution in [0.1, 0.15) is 27.9 Å². The molecule has 0 radical (unpaired) electrons. The van der Waals surface area contributed by atoms with E-state index in [2.05, 4.69) is 24.0 Å². The number of nitrogen functional groups attached to an aromatic ring is 1. The maximum atomic E-state index is 12.7. The third-order valence-electron chi connectivity index (χ3n) is 4.81. The second-order valence-corrected chi connectivity index (χ2v) is 6.65. The monoisotopic (exact) mass is 328 g/mol. The van der Waals surface area contributed by atoms with Crippen LogP contribution in [0.4, 0.5) is 11.4 Å². The van der Waals surface area contributed by atoms with E-state index < -0.39 is 0 Å². The molecule has 0 saturated carbocycles. The van der Waals surface area contributed by atoms with E-state index in [1.807, 2.05) is 42.5 Å². The molecule has 0 spiro atoms. The second kappa shape index (κ2) is 6.10. The summed E-state index contributed by atoms with van der Waals surface area (Å²) in [5.74, 6) is -0.177. The lowest BCUT2D eigenvalue weighted by Gasteiger charge is -2.19. The molecule has 3 N–H and O–H groups in total. The van der Waals surface area contributed by atoms with Crippen LogP contribution in [-0.4, -0.2) is 5.91 Å². The van der Waals surface area contributed by atoms with E-state index in [-0.39, 0.29) is 5.91 Å². The van der Waals surface area contributed by atoms with Crippen LogP contribution < -0.4 is 11.1 Å². The summed E-state index contributed by atoms with van der Waals surface area (Å²) in [4.78, 5) is 12.7. The summed E-state index contributed by atoms with van der Waals surface area (Å²) in [7, 11) is 0. The number of amides is 1. The fourth-order valence-corrected chi connectivity index (χ4v) is 3.43. The number of benzene rings is 3. The largest absolute Gasteiger partial charge is 0.398 e. The van der Waals surface area contributed by atoms with Gasteiger partial charge in [0.25, 0.3) is 5.91 Å². The zero-order valence-electron chi connectivity index (χ0n) is 14.0. The van der Waals surface area contributed by atoms with Crippen LogP contribution in [0.5, 0.6) is 0 Å². The summed E-state index contributed by atoms with van der Waals surface area (Å²) >= 11 is 0. The van der Waals surface area contributed by atoms with Crippen molar-refractivity contribution >= 4 is 28.1 Å². The van der Waals surface area contributed by atoms with Gasteiger partial charge in [-0.15, -0.1) is 0 Å². The van der Waals surface area contributed by atoms with E-state index in [0.29, 0.717) is 11.3 Å². The number of fused-ring (bicyclic) bond motifs is 2. The Morgan fingerprint density at radius 2 is 1.72 bits per heavy atom. The standard InChI is InChI=1S/C22H20N2O/c1-14-6-7-18-11-19(9-8-17(18)10-14)24-22(25)20-12-15-4-2-3-5-16(15)13-21(20)23/h2-5,8-9,11-13H,1,6-7,10,23H2,(H,24,25). The van der Waals surface area contributed by atoms with Gasteiger partial charge in [0.1, 0.15) is 0 Å². The van der Waals surface area contributed by atoms with Crippen LogP contribution in [0.15, 0.2) is 66.7 Å². The molecule has 3 nitrogen and oxygen atoms in total. The summed E-state index contributed by atoms with van der Waals surface area (Å²) in [6.45, 7) is 4.07. The summed E-state index contributed by atoms with van der Waals surface area (Å²) in [6.07, 6.45) is 2.93. The quantitative estimate of drug-likeness (QED) is 0.528. The second-order valence-electron chi connectivity index (χ2n) is 6.65. The van der Waals surface area contributed by atoms with Crippen molar-refractivity contribution in [2.45, 2.75) is 19.3 Å². The highest BCUT2D eigenvalue weighted by Gasteiger charge is 2.15. The molecule has 0 aromatic heterocycles. The van der Waals surface area contributed by atoms with Crippen LogP contribution in [0.2, 0.25) is 0 Å². The van der Waals surface area contributed by atoms with Gasteiger partial charge in [-0.05, 0) is 65.4 Å². The first-order valence-corrected chi connectivity index (χ1v) is 8.48. The number of carbonyl (C=O) groups excluding carboxylic acids is 1. The van der Waals surface area contributed by atoms with Crippen LogP contribution in [0.25, 0.3) is 10.8 Å². The summed E-state index contributed by atoms with van der Waals surface area (Å²) < 4.78 is 0. The molecule has 124 valence electrons. The van der Waals surface area contributed by atoms with Gasteiger partial charge in [0.2, 0.25) is 0 Å². The van der Waals surface area contributed by atoms with Gasteiger partial charge in [-0.1, -0.05) is 42.5 Å². The van der Waals surface area contributed by atoms with Gasteiger partial charge in [-0.2, -0.15) is 0 Å². The van der Waals surface area contributed by atoms with Crippen molar-refractivity contribution in [2.75, 3.05) is 11.1 Å². The van der Waals surface area contributed by atoms with Crippen molar-refractivity contribution in [3.8, 4) is 0 Å². The number of allylic oxidation sites excluding steroid dienone is 1. The minimum atomic E-state index is -0.177. The molecule has 4 rings (SSSR count). The molecule has 0 saturated heterocycles. The Morgan fingerprint density at radius 1 is 0.960 bits per heavy atom. The van der Waals surface area contributed by atoms with Crippen molar-refractivity contribution in [3.63, 3.8) is 0 Å². The van der Waals surface area contributed by atoms with Gasteiger partial charge in [-0.25, -0.2) is 0 Å². The first-order chi connectivity index (χ1) is 12.1. The molecule has 0 bridgehead atoms. The van der Waals surface area contributed by atoms with E-state index in [9.17, 15) is 4.79 Å². The summed E-state index contributed by atoms with van der Waals surface area (Å²) in [5, 5.41) is 5.02. The topological polar surface area (TPSA) is 55.1 Å². The molecule has 25 heavy (non-hydrogen) atoms. The fourth-order valence-electron chi connectivity index (χ4n) is 3.43. The molecule has 0 unspecified atom stereocenters. The molecule has 3 aromatic rings. The van der Waals surface area contributed by atoms with Gasteiger partial charge in [-0.3, -0.25) is 4.79 Å². The number of rotatable bonds is 2. The van der Waals surface area contributed by atoms with E-state index in [1.165, 1.54) is 16.7 Å². The predicted molar refractivity (Wildman–Crippen MR) is 104 cm³/mol. The molecular weight excluding hydrogens is 308 g/mol. The third kappa shape index (κ3) is 3.01. The average molecular weight is 328 g/mol. The van der Waals surface area contributed by atoms with E-state index in [0.717, 1.165) is 35.7 Å². The van der Waals surface area contributed by atoms with Gasteiger partial charge in [0, 0.05) is 11.4 Å². The van der Waals surface area contributed by atoms with Crippen molar-refractivity contribution in [1.29, 1.82) is 0 Å². The Balaban J connectivity index is 1.62. The highest BCUT2D eigenvalue weighted by Crippen LogP contribution is 2.27. The Labute approximate surface area is 147 Å². The van der Waals surface area contributed by atoms with Crippen molar-refractivity contribution in [1.82, 2.24) is 0 Å². The van der Waals surface area contributed by atoms with Crippen molar-refractivity contribution < 1.29 is 4.79 Å². The molecular formula is C22H20N2O. The molecule has 1 amide bonds. The highest BCUT2D eigenvalue weighted by molar-refractivity contribution is 6.10. The zero-order valence-corrected chi connectivity index (χ0v) is 14.0. The molecule has 3 heteroatoms. The van der Waals surface area contributed by atoms with Gasteiger partial charge in [0.05, 0.1) is 5.56 Å². The average Bonchev–Trinajstić information content (AvgIpc) is 2.61. The Kier molecular flexibility index (Phi) is 3.77. The summed E-state index contributed by atoms with van der Waals surface area (Å²) in [6, 6.07) is 17.7. The predicted octanol–water partition coefficient (Wildman–Crippen LogP) is 4.72. The number of carbonyl (C=O) groups is 1. The number of nitrogens with one attached hydrogen (secondary N) is 1. The zero-order chi connectivity index (χ0) is 17.4. The highest BCUT2D eigenvalue weighted by atomic mass is 16.1. The molecule has 3 aromatic carbocycles. The molecule has 0 fully saturated rings. The molecule has 1 aliphatic rings. The molecule has 1 aliphatic carbocycles. The Bertz CT molecular complexity index is 1000.